The molecule has 2 amide bonds. The van der Waals surface area contributed by atoms with E-state index in [0.717, 1.165) is 30.8 Å². The standard InChI is InChI=1S/C26H28N6O4/c33-23(16-30-8-7-18-3-1-2-4-20(18)14-30)17-32-10-9-31(26(32)36)15-22-6-5-19(11-27-22)21-12-28-24(25(34)35)29-13-21/h1-6,11-13,23,33H,7-10,14-17H2,(H,34,35)/t23-/m1/s1. The van der Waals surface area contributed by atoms with Crippen molar-refractivity contribution in [3.8, 4) is 11.1 Å². The van der Waals surface area contributed by atoms with Crippen molar-refractivity contribution in [3.05, 3.63) is 77.6 Å². The zero-order valence-electron chi connectivity index (χ0n) is 19.8. The number of carbonyl (C=O) groups excluding carboxylic acids is 1. The molecule has 0 bridgehead atoms. The number of aliphatic hydroxyl groups excluding tert-OH is 1. The molecule has 36 heavy (non-hydrogen) atoms. The van der Waals surface area contributed by atoms with Crippen molar-refractivity contribution in [1.82, 2.24) is 29.7 Å². The lowest BCUT2D eigenvalue weighted by atomic mass is 10.00. The number of aromatic carboxylic acids is 1. The molecule has 2 aromatic heterocycles. The number of carboxylic acid groups (broad SMARTS) is 1. The molecule has 1 saturated heterocycles. The van der Waals surface area contributed by atoms with Gasteiger partial charge < -0.3 is 20.0 Å². The van der Waals surface area contributed by atoms with Crippen molar-refractivity contribution in [2.45, 2.75) is 25.6 Å². The number of aromatic nitrogens is 3. The molecule has 4 heterocycles. The first-order chi connectivity index (χ1) is 17.5. The molecule has 2 aliphatic rings. The Morgan fingerprint density at radius 1 is 0.889 bits per heavy atom. The van der Waals surface area contributed by atoms with Crippen LogP contribution in [0.15, 0.2) is 55.0 Å². The summed E-state index contributed by atoms with van der Waals surface area (Å²) in [5, 5.41) is 19.6. The monoisotopic (exact) mass is 488 g/mol. The van der Waals surface area contributed by atoms with Crippen LogP contribution in [-0.2, 0) is 19.5 Å². The van der Waals surface area contributed by atoms with Gasteiger partial charge in [0.1, 0.15) is 0 Å². The minimum Gasteiger partial charge on any atom is -0.475 e. The molecule has 1 fully saturated rings. The molecule has 0 unspecified atom stereocenters. The second-order valence-electron chi connectivity index (χ2n) is 9.20. The first-order valence-electron chi connectivity index (χ1n) is 12.0. The van der Waals surface area contributed by atoms with Crippen LogP contribution in [0.25, 0.3) is 11.1 Å². The number of aliphatic hydroxyl groups is 1. The quantitative estimate of drug-likeness (QED) is 0.493. The van der Waals surface area contributed by atoms with E-state index >= 15 is 0 Å². The molecule has 10 heteroatoms. The maximum Gasteiger partial charge on any atom is 0.373 e. The predicted molar refractivity (Wildman–Crippen MR) is 131 cm³/mol. The van der Waals surface area contributed by atoms with Gasteiger partial charge in [0.25, 0.3) is 0 Å². The van der Waals surface area contributed by atoms with Gasteiger partial charge >= 0.3 is 12.0 Å². The summed E-state index contributed by atoms with van der Waals surface area (Å²) < 4.78 is 0. The summed E-state index contributed by atoms with van der Waals surface area (Å²) in [5.41, 5.74) is 4.84. The molecule has 3 aromatic rings. The summed E-state index contributed by atoms with van der Waals surface area (Å²) in [7, 11) is 0. The average Bonchev–Trinajstić information content (AvgIpc) is 3.22. The molecule has 5 rings (SSSR count). The fraction of sp³-hybridized carbons (Fsp3) is 0.346. The lowest BCUT2D eigenvalue weighted by Gasteiger charge is -2.31. The number of carbonyl (C=O) groups is 2. The van der Waals surface area contributed by atoms with Gasteiger partial charge in [0.2, 0.25) is 5.82 Å². The molecule has 1 aromatic carbocycles. The molecule has 0 spiro atoms. The van der Waals surface area contributed by atoms with Crippen LogP contribution in [0, 0.1) is 0 Å². The van der Waals surface area contributed by atoms with E-state index in [-0.39, 0.29) is 11.9 Å². The van der Waals surface area contributed by atoms with Crippen LogP contribution in [0.3, 0.4) is 0 Å². The average molecular weight is 489 g/mol. The van der Waals surface area contributed by atoms with Crippen LogP contribution in [0.1, 0.15) is 27.4 Å². The number of hydrogen-bond donors (Lipinski definition) is 2. The van der Waals surface area contributed by atoms with E-state index in [4.69, 9.17) is 5.11 Å². The van der Waals surface area contributed by atoms with Gasteiger partial charge in [-0.25, -0.2) is 19.6 Å². The third kappa shape index (κ3) is 5.34. The SMILES string of the molecule is O=C(O)c1ncc(-c2ccc(CN3CCN(C[C@H](O)CN4CCc5ccccc5C4)C3=O)nc2)cn1. The summed E-state index contributed by atoms with van der Waals surface area (Å²) >= 11 is 0. The zero-order chi connectivity index (χ0) is 25.1. The van der Waals surface area contributed by atoms with Gasteiger partial charge in [-0.1, -0.05) is 30.3 Å². The number of β-amino-alcohol motifs (C(OH)–C–C–N with tert-alkyl or cyclic N) is 1. The molecule has 0 aliphatic carbocycles. The highest BCUT2D eigenvalue weighted by atomic mass is 16.4. The Hall–Kier alpha value is -3.89. The molecule has 0 radical (unpaired) electrons. The van der Waals surface area contributed by atoms with Crippen molar-refractivity contribution in [2.24, 2.45) is 0 Å². The van der Waals surface area contributed by atoms with Crippen molar-refractivity contribution < 1.29 is 19.8 Å². The lowest BCUT2D eigenvalue weighted by molar-refractivity contribution is 0.0683. The van der Waals surface area contributed by atoms with Crippen molar-refractivity contribution in [1.29, 1.82) is 0 Å². The number of pyridine rings is 1. The molecular weight excluding hydrogens is 460 g/mol. The molecule has 2 aliphatic heterocycles. The minimum absolute atomic E-state index is 0.0958. The third-order valence-corrected chi connectivity index (χ3v) is 6.64. The second kappa shape index (κ2) is 10.4. The Morgan fingerprint density at radius 2 is 1.61 bits per heavy atom. The maximum atomic E-state index is 12.9. The van der Waals surface area contributed by atoms with Crippen LogP contribution in [0.2, 0.25) is 0 Å². The van der Waals surface area contributed by atoms with E-state index in [9.17, 15) is 14.7 Å². The van der Waals surface area contributed by atoms with Crippen molar-refractivity contribution in [2.75, 3.05) is 32.7 Å². The fourth-order valence-electron chi connectivity index (χ4n) is 4.74. The summed E-state index contributed by atoms with van der Waals surface area (Å²) in [6.07, 6.45) is 4.93. The smallest absolute Gasteiger partial charge is 0.373 e. The number of amides is 2. The third-order valence-electron chi connectivity index (χ3n) is 6.64. The normalized spacial score (nSPS) is 16.8. The number of hydrogen-bond acceptors (Lipinski definition) is 7. The fourth-order valence-corrected chi connectivity index (χ4v) is 4.74. The molecule has 1 atom stereocenters. The van der Waals surface area contributed by atoms with E-state index in [0.29, 0.717) is 38.3 Å². The van der Waals surface area contributed by atoms with Gasteiger partial charge in [-0.15, -0.1) is 0 Å². The number of rotatable bonds is 8. The van der Waals surface area contributed by atoms with E-state index in [1.165, 1.54) is 23.5 Å². The Balaban J connectivity index is 1.12. The largest absolute Gasteiger partial charge is 0.475 e. The first kappa shape index (κ1) is 23.8. The van der Waals surface area contributed by atoms with E-state index < -0.39 is 12.1 Å². The number of benzene rings is 1. The van der Waals surface area contributed by atoms with E-state index in [2.05, 4.69) is 38.1 Å². The molecule has 10 nitrogen and oxygen atoms in total. The molecule has 186 valence electrons. The maximum absolute atomic E-state index is 12.9. The van der Waals surface area contributed by atoms with Crippen LogP contribution >= 0.6 is 0 Å². The minimum atomic E-state index is -1.18. The highest BCUT2D eigenvalue weighted by Crippen LogP contribution is 2.20. The second-order valence-corrected chi connectivity index (χ2v) is 9.20. The van der Waals surface area contributed by atoms with E-state index in [1.807, 2.05) is 18.2 Å². The number of urea groups is 1. The topological polar surface area (TPSA) is 123 Å². The lowest BCUT2D eigenvalue weighted by Crippen LogP contribution is -2.43. The van der Waals surface area contributed by atoms with Crippen molar-refractivity contribution >= 4 is 12.0 Å². The summed E-state index contributed by atoms with van der Waals surface area (Å²) in [6.45, 7) is 4.12. The predicted octanol–water partition coefficient (Wildman–Crippen LogP) is 1.89. The Labute approximate surface area is 208 Å². The van der Waals surface area contributed by atoms with Gasteiger partial charge in [0.15, 0.2) is 0 Å². The number of carboxylic acids is 1. The van der Waals surface area contributed by atoms with Gasteiger partial charge in [-0.2, -0.15) is 0 Å². The molecule has 2 N–H and O–H groups in total. The zero-order valence-corrected chi connectivity index (χ0v) is 19.8. The Kier molecular flexibility index (Phi) is 6.88. The van der Waals surface area contributed by atoms with Gasteiger partial charge in [0.05, 0.1) is 18.3 Å². The molecule has 0 saturated carbocycles. The van der Waals surface area contributed by atoms with Crippen LogP contribution in [-0.4, -0.2) is 90.7 Å². The summed E-state index contributed by atoms with van der Waals surface area (Å²) in [5.74, 6) is -1.43. The molecular formula is C26H28N6O4. The van der Waals surface area contributed by atoms with Gasteiger partial charge in [-0.3, -0.25) is 9.88 Å². The Morgan fingerprint density at radius 3 is 2.33 bits per heavy atom. The van der Waals surface area contributed by atoms with Crippen LogP contribution in [0.4, 0.5) is 4.79 Å². The van der Waals surface area contributed by atoms with Gasteiger partial charge in [0, 0.05) is 69.0 Å². The van der Waals surface area contributed by atoms with Crippen LogP contribution in [0.5, 0.6) is 0 Å². The first-order valence-corrected chi connectivity index (χ1v) is 12.0. The van der Waals surface area contributed by atoms with Crippen molar-refractivity contribution in [3.63, 3.8) is 0 Å². The number of fused-ring (bicyclic) bond motifs is 1. The Bertz CT molecular complexity index is 1230. The summed E-state index contributed by atoms with van der Waals surface area (Å²) in [6, 6.07) is 12.0. The highest BCUT2D eigenvalue weighted by Gasteiger charge is 2.30. The highest BCUT2D eigenvalue weighted by molar-refractivity contribution is 5.83. The van der Waals surface area contributed by atoms with Gasteiger partial charge in [-0.05, 0) is 23.6 Å². The summed E-state index contributed by atoms with van der Waals surface area (Å²) in [4.78, 5) is 41.6. The number of nitrogens with zero attached hydrogens (tertiary/aromatic N) is 6. The van der Waals surface area contributed by atoms with E-state index in [1.54, 1.807) is 16.0 Å². The van der Waals surface area contributed by atoms with Crippen LogP contribution < -0.4 is 0 Å².